The third-order valence-corrected chi connectivity index (χ3v) is 3.43. The third-order valence-electron chi connectivity index (χ3n) is 3.20. The molecule has 1 aliphatic rings. The van der Waals surface area contributed by atoms with Crippen LogP contribution in [0.4, 0.5) is 4.79 Å². The maximum absolute atomic E-state index is 12.1. The van der Waals surface area contributed by atoms with E-state index >= 15 is 0 Å². The number of benzene rings is 1. The van der Waals surface area contributed by atoms with Crippen molar-refractivity contribution in [2.75, 3.05) is 19.6 Å². The Kier molecular flexibility index (Phi) is 4.64. The Morgan fingerprint density at radius 2 is 2.19 bits per heavy atom. The molecule has 1 amide bonds. The Morgan fingerprint density at radius 1 is 1.48 bits per heavy atom. The first-order valence-corrected chi connectivity index (χ1v) is 7.34. The van der Waals surface area contributed by atoms with Gasteiger partial charge in [0.1, 0.15) is 11.4 Å². The van der Waals surface area contributed by atoms with Crippen molar-refractivity contribution in [3.05, 3.63) is 28.8 Å². The highest BCUT2D eigenvalue weighted by Crippen LogP contribution is 2.29. The van der Waals surface area contributed by atoms with Crippen LogP contribution >= 0.6 is 11.6 Å². The van der Waals surface area contributed by atoms with Crippen LogP contribution in [0.25, 0.3) is 0 Å². The van der Waals surface area contributed by atoms with Crippen molar-refractivity contribution >= 4 is 17.7 Å². The first-order chi connectivity index (χ1) is 9.76. The molecule has 1 aromatic carbocycles. The second kappa shape index (κ2) is 6.12. The molecule has 116 valence electrons. The number of phenols is 1. The number of aromatic hydroxyl groups is 1. The van der Waals surface area contributed by atoms with Gasteiger partial charge in [-0.3, -0.25) is 0 Å². The summed E-state index contributed by atoms with van der Waals surface area (Å²) in [5.41, 5.74) is 0.215. The van der Waals surface area contributed by atoms with Gasteiger partial charge in [-0.1, -0.05) is 17.7 Å². The second-order valence-electron chi connectivity index (χ2n) is 6.14. The Hall–Kier alpha value is -1.46. The van der Waals surface area contributed by atoms with E-state index < -0.39 is 5.60 Å². The molecule has 0 saturated carbocycles. The molecular formula is C15H21ClN2O3. The van der Waals surface area contributed by atoms with Crippen LogP contribution in [0, 0.1) is 0 Å². The lowest BCUT2D eigenvalue weighted by Gasteiger charge is -2.35. The number of carbonyl (C=O) groups is 1. The third kappa shape index (κ3) is 4.25. The Balaban J connectivity index is 2.08. The van der Waals surface area contributed by atoms with E-state index in [-0.39, 0.29) is 17.9 Å². The van der Waals surface area contributed by atoms with Gasteiger partial charge < -0.3 is 20.1 Å². The monoisotopic (exact) mass is 312 g/mol. The Morgan fingerprint density at radius 3 is 2.81 bits per heavy atom. The molecule has 0 radical (unpaired) electrons. The van der Waals surface area contributed by atoms with Gasteiger partial charge in [-0.05, 0) is 32.9 Å². The van der Waals surface area contributed by atoms with Gasteiger partial charge >= 0.3 is 6.09 Å². The zero-order valence-electron chi connectivity index (χ0n) is 12.5. The molecule has 21 heavy (non-hydrogen) atoms. The van der Waals surface area contributed by atoms with Crippen molar-refractivity contribution in [1.82, 2.24) is 10.2 Å². The molecule has 1 aromatic rings. The fourth-order valence-corrected chi connectivity index (χ4v) is 2.43. The van der Waals surface area contributed by atoms with Gasteiger partial charge in [0.15, 0.2) is 0 Å². The number of rotatable bonds is 1. The number of piperazine rings is 1. The van der Waals surface area contributed by atoms with Gasteiger partial charge in [0, 0.05) is 30.2 Å². The zero-order valence-corrected chi connectivity index (χ0v) is 13.3. The minimum atomic E-state index is -0.514. The van der Waals surface area contributed by atoms with Gasteiger partial charge in [0.05, 0.1) is 6.04 Å². The van der Waals surface area contributed by atoms with Crippen LogP contribution in [0.5, 0.6) is 5.75 Å². The van der Waals surface area contributed by atoms with Gasteiger partial charge in [0.25, 0.3) is 0 Å². The molecule has 1 aliphatic heterocycles. The van der Waals surface area contributed by atoms with Crippen molar-refractivity contribution in [2.24, 2.45) is 0 Å². The van der Waals surface area contributed by atoms with Gasteiger partial charge in [0.2, 0.25) is 0 Å². The molecule has 0 aromatic heterocycles. The number of carbonyl (C=O) groups excluding carboxylic acids is 1. The van der Waals surface area contributed by atoms with Crippen LogP contribution in [0.1, 0.15) is 32.4 Å². The molecule has 1 atom stereocenters. The highest BCUT2D eigenvalue weighted by molar-refractivity contribution is 6.30. The topological polar surface area (TPSA) is 61.8 Å². The van der Waals surface area contributed by atoms with Crippen molar-refractivity contribution in [3.8, 4) is 5.75 Å². The molecule has 6 heteroatoms. The molecule has 2 rings (SSSR count). The maximum atomic E-state index is 12.1. The lowest BCUT2D eigenvalue weighted by molar-refractivity contribution is 0.0194. The van der Waals surface area contributed by atoms with E-state index in [1.165, 1.54) is 6.07 Å². The first kappa shape index (κ1) is 15.9. The number of nitrogens with zero attached hydrogens (tertiary/aromatic N) is 1. The summed E-state index contributed by atoms with van der Waals surface area (Å²) in [6.45, 7) is 7.21. The first-order valence-electron chi connectivity index (χ1n) is 6.96. The molecular weight excluding hydrogens is 292 g/mol. The standard InChI is InChI=1S/C15H21ClN2O3/c1-15(2,3)21-14(20)18-7-6-17-12(9-18)11-5-4-10(16)8-13(11)19/h4-5,8,12,17,19H,6-7,9H2,1-3H3. The SMILES string of the molecule is CC(C)(C)OC(=O)N1CCNC(c2ccc(Cl)cc2O)C1. The minimum Gasteiger partial charge on any atom is -0.508 e. The van der Waals surface area contributed by atoms with Crippen LogP contribution in [0.15, 0.2) is 18.2 Å². The smallest absolute Gasteiger partial charge is 0.410 e. The second-order valence-corrected chi connectivity index (χ2v) is 6.57. The van der Waals surface area contributed by atoms with E-state index in [1.54, 1.807) is 17.0 Å². The van der Waals surface area contributed by atoms with E-state index in [0.717, 1.165) is 5.56 Å². The van der Waals surface area contributed by atoms with Crippen LogP contribution < -0.4 is 5.32 Å². The zero-order chi connectivity index (χ0) is 15.6. The fourth-order valence-electron chi connectivity index (χ4n) is 2.26. The molecule has 5 nitrogen and oxygen atoms in total. The van der Waals surface area contributed by atoms with E-state index in [2.05, 4.69) is 5.32 Å². The summed E-state index contributed by atoms with van der Waals surface area (Å²) in [6.07, 6.45) is -0.331. The summed E-state index contributed by atoms with van der Waals surface area (Å²) >= 11 is 5.84. The summed E-state index contributed by atoms with van der Waals surface area (Å²) in [5, 5.41) is 13.8. The predicted octanol–water partition coefficient (Wildman–Crippen LogP) is 2.93. The van der Waals surface area contributed by atoms with Crippen LogP contribution in [0.2, 0.25) is 5.02 Å². The van der Waals surface area contributed by atoms with Crippen molar-refractivity contribution < 1.29 is 14.6 Å². The van der Waals surface area contributed by atoms with Gasteiger partial charge in [-0.2, -0.15) is 0 Å². The average Bonchev–Trinajstić information content (AvgIpc) is 2.37. The average molecular weight is 313 g/mol. The Bertz CT molecular complexity index is 528. The largest absolute Gasteiger partial charge is 0.508 e. The van der Waals surface area contributed by atoms with E-state index in [4.69, 9.17) is 16.3 Å². The number of amides is 1. The summed E-state index contributed by atoms with van der Waals surface area (Å²) in [5.74, 6) is 0.131. The summed E-state index contributed by atoms with van der Waals surface area (Å²) in [7, 11) is 0. The summed E-state index contributed by atoms with van der Waals surface area (Å²) < 4.78 is 5.39. The minimum absolute atomic E-state index is 0.131. The Labute approximate surface area is 129 Å². The number of hydrogen-bond donors (Lipinski definition) is 2. The highest BCUT2D eigenvalue weighted by Gasteiger charge is 2.29. The molecule has 1 heterocycles. The van der Waals surface area contributed by atoms with Crippen LogP contribution in [0.3, 0.4) is 0 Å². The summed E-state index contributed by atoms with van der Waals surface area (Å²) in [4.78, 5) is 13.8. The molecule has 0 spiro atoms. The van der Waals surface area contributed by atoms with E-state index in [1.807, 2.05) is 20.8 Å². The molecule has 0 bridgehead atoms. The van der Waals surface area contributed by atoms with E-state index in [9.17, 15) is 9.90 Å². The molecule has 1 saturated heterocycles. The van der Waals surface area contributed by atoms with Crippen molar-refractivity contribution in [2.45, 2.75) is 32.4 Å². The normalized spacial score (nSPS) is 19.4. The number of phenolic OH excluding ortho intramolecular Hbond substituents is 1. The quantitative estimate of drug-likeness (QED) is 0.837. The van der Waals surface area contributed by atoms with Crippen molar-refractivity contribution in [3.63, 3.8) is 0 Å². The maximum Gasteiger partial charge on any atom is 0.410 e. The highest BCUT2D eigenvalue weighted by atomic mass is 35.5. The fraction of sp³-hybridized carbons (Fsp3) is 0.533. The number of hydrogen-bond acceptors (Lipinski definition) is 4. The van der Waals surface area contributed by atoms with Gasteiger partial charge in [-0.15, -0.1) is 0 Å². The van der Waals surface area contributed by atoms with Gasteiger partial charge in [-0.25, -0.2) is 4.79 Å². The number of nitrogens with one attached hydrogen (secondary N) is 1. The van der Waals surface area contributed by atoms with Crippen LogP contribution in [-0.2, 0) is 4.74 Å². The predicted molar refractivity (Wildman–Crippen MR) is 81.7 cm³/mol. The number of ether oxygens (including phenoxy) is 1. The summed E-state index contributed by atoms with van der Waals surface area (Å²) in [6, 6.07) is 4.87. The van der Waals surface area contributed by atoms with Crippen LogP contribution in [-0.4, -0.2) is 41.3 Å². The molecule has 0 aliphatic carbocycles. The van der Waals surface area contributed by atoms with Crippen molar-refractivity contribution in [1.29, 1.82) is 0 Å². The van der Waals surface area contributed by atoms with E-state index in [0.29, 0.717) is 24.7 Å². The molecule has 1 unspecified atom stereocenters. The molecule has 2 N–H and O–H groups in total. The number of halogens is 1. The lowest BCUT2D eigenvalue weighted by Crippen LogP contribution is -2.49. The molecule has 1 fully saturated rings. The lowest BCUT2D eigenvalue weighted by atomic mass is 10.0.